The lowest BCUT2D eigenvalue weighted by atomic mass is 10.2. The molecule has 0 saturated heterocycles. The number of nitrogens with one attached hydrogen (secondary N) is 2. The summed E-state index contributed by atoms with van der Waals surface area (Å²) in [5.74, 6) is -3.51. The van der Waals surface area contributed by atoms with E-state index in [9.17, 15) is 22.8 Å². The summed E-state index contributed by atoms with van der Waals surface area (Å²) in [4.78, 5) is 28.1. The van der Waals surface area contributed by atoms with E-state index in [4.69, 9.17) is 0 Å². The van der Waals surface area contributed by atoms with E-state index in [0.717, 1.165) is 23.5 Å². The Morgan fingerprint density at radius 1 is 1.00 bits per heavy atom. The zero-order chi connectivity index (χ0) is 19.4. The molecule has 0 aliphatic carbocycles. The van der Waals surface area contributed by atoms with Crippen LogP contribution in [0.4, 0.5) is 18.3 Å². The van der Waals surface area contributed by atoms with Crippen LogP contribution in [0, 0.1) is 17.5 Å². The molecule has 2 aromatic carbocycles. The lowest BCUT2D eigenvalue weighted by Crippen LogP contribution is -2.23. The summed E-state index contributed by atoms with van der Waals surface area (Å²) in [5.41, 5.74) is 0.132. The third-order valence-corrected chi connectivity index (χ3v) is 4.24. The molecule has 0 spiro atoms. The third-order valence-electron chi connectivity index (χ3n) is 3.48. The predicted octanol–water partition coefficient (Wildman–Crippen LogP) is 3.74. The average Bonchev–Trinajstić information content (AvgIpc) is 3.08. The lowest BCUT2D eigenvalue weighted by Gasteiger charge is -2.04. The van der Waals surface area contributed by atoms with Crippen molar-refractivity contribution in [3.05, 3.63) is 82.1 Å². The van der Waals surface area contributed by atoms with Gasteiger partial charge in [0.25, 0.3) is 11.8 Å². The van der Waals surface area contributed by atoms with Crippen molar-refractivity contribution in [3.63, 3.8) is 0 Å². The van der Waals surface area contributed by atoms with Crippen LogP contribution in [-0.4, -0.2) is 16.8 Å². The number of hydrogen-bond acceptors (Lipinski definition) is 4. The van der Waals surface area contributed by atoms with E-state index >= 15 is 0 Å². The molecule has 0 radical (unpaired) electrons. The first-order chi connectivity index (χ1) is 12.9. The second kappa shape index (κ2) is 8.00. The van der Waals surface area contributed by atoms with Gasteiger partial charge in [0.15, 0.2) is 5.13 Å². The van der Waals surface area contributed by atoms with Gasteiger partial charge < -0.3 is 5.32 Å². The van der Waals surface area contributed by atoms with Gasteiger partial charge in [-0.25, -0.2) is 18.2 Å². The maximum atomic E-state index is 13.5. The van der Waals surface area contributed by atoms with Gasteiger partial charge in [-0.2, -0.15) is 0 Å². The summed E-state index contributed by atoms with van der Waals surface area (Å²) in [6.07, 6.45) is 0. The second-order valence-corrected chi connectivity index (χ2v) is 6.28. The standard InChI is InChI=1S/C18H12F3N3O2S/c19-12-5-11(6-13(20)7-12)16(25)24-18-23-15(9-27-18)17(26)22-8-10-3-1-2-4-14(10)21/h1-7,9H,8H2,(H,22,26)(H,23,24,25). The van der Waals surface area contributed by atoms with Crippen molar-refractivity contribution >= 4 is 28.3 Å². The zero-order valence-electron chi connectivity index (χ0n) is 13.6. The van der Waals surface area contributed by atoms with Gasteiger partial charge in [0.1, 0.15) is 23.1 Å². The molecule has 0 aliphatic heterocycles. The fraction of sp³-hybridized carbons (Fsp3) is 0.0556. The first kappa shape index (κ1) is 18.6. The second-order valence-electron chi connectivity index (χ2n) is 5.42. The Labute approximate surface area is 155 Å². The quantitative estimate of drug-likeness (QED) is 0.696. The molecular weight excluding hydrogens is 379 g/mol. The van der Waals surface area contributed by atoms with Gasteiger partial charge >= 0.3 is 0 Å². The van der Waals surface area contributed by atoms with E-state index in [2.05, 4.69) is 15.6 Å². The van der Waals surface area contributed by atoms with E-state index in [-0.39, 0.29) is 22.9 Å². The Bertz CT molecular complexity index is 987. The van der Waals surface area contributed by atoms with Gasteiger partial charge in [0.05, 0.1) is 0 Å². The van der Waals surface area contributed by atoms with Gasteiger partial charge in [-0.3, -0.25) is 14.9 Å². The Morgan fingerprint density at radius 3 is 2.41 bits per heavy atom. The van der Waals surface area contributed by atoms with E-state index in [1.54, 1.807) is 18.2 Å². The van der Waals surface area contributed by atoms with Crippen molar-refractivity contribution in [3.8, 4) is 0 Å². The molecule has 27 heavy (non-hydrogen) atoms. The summed E-state index contributed by atoms with van der Waals surface area (Å²) < 4.78 is 39.9. The van der Waals surface area contributed by atoms with Gasteiger partial charge in [0, 0.05) is 29.1 Å². The molecule has 3 rings (SSSR count). The highest BCUT2D eigenvalue weighted by atomic mass is 32.1. The molecule has 3 aromatic rings. The van der Waals surface area contributed by atoms with E-state index in [1.165, 1.54) is 11.4 Å². The third kappa shape index (κ3) is 4.70. The maximum Gasteiger partial charge on any atom is 0.271 e. The number of aromatic nitrogens is 1. The fourth-order valence-corrected chi connectivity index (χ4v) is 2.88. The molecule has 0 bridgehead atoms. The van der Waals surface area contributed by atoms with E-state index in [1.807, 2.05) is 0 Å². The number of carbonyl (C=O) groups is 2. The fourth-order valence-electron chi connectivity index (χ4n) is 2.20. The average molecular weight is 391 g/mol. The Balaban J connectivity index is 1.63. The van der Waals surface area contributed by atoms with Crippen LogP contribution in [0.25, 0.3) is 0 Å². The molecule has 0 aliphatic rings. The molecule has 2 N–H and O–H groups in total. The molecule has 1 aromatic heterocycles. The van der Waals surface area contributed by atoms with Crippen molar-refractivity contribution in [2.75, 3.05) is 5.32 Å². The number of anilines is 1. The van der Waals surface area contributed by atoms with Crippen LogP contribution in [-0.2, 0) is 6.54 Å². The van der Waals surface area contributed by atoms with Crippen LogP contribution in [0.5, 0.6) is 0 Å². The van der Waals surface area contributed by atoms with Crippen LogP contribution >= 0.6 is 11.3 Å². The summed E-state index contributed by atoms with van der Waals surface area (Å²) in [5, 5.41) is 6.37. The maximum absolute atomic E-state index is 13.5. The molecule has 1 heterocycles. The number of amides is 2. The number of rotatable bonds is 5. The number of nitrogens with zero attached hydrogens (tertiary/aromatic N) is 1. The monoisotopic (exact) mass is 391 g/mol. The molecule has 0 saturated carbocycles. The topological polar surface area (TPSA) is 71.1 Å². The first-order valence-corrected chi connectivity index (χ1v) is 8.55. The van der Waals surface area contributed by atoms with Crippen molar-refractivity contribution in [1.82, 2.24) is 10.3 Å². The van der Waals surface area contributed by atoms with Crippen molar-refractivity contribution < 1.29 is 22.8 Å². The molecule has 2 amide bonds. The normalized spacial score (nSPS) is 10.5. The smallest absolute Gasteiger partial charge is 0.271 e. The highest BCUT2D eigenvalue weighted by molar-refractivity contribution is 7.14. The zero-order valence-corrected chi connectivity index (χ0v) is 14.4. The largest absolute Gasteiger partial charge is 0.346 e. The number of halogens is 3. The Morgan fingerprint density at radius 2 is 1.70 bits per heavy atom. The summed E-state index contributed by atoms with van der Waals surface area (Å²) >= 11 is 0.969. The molecular formula is C18H12F3N3O2S. The molecule has 5 nitrogen and oxygen atoms in total. The van der Waals surface area contributed by atoms with Gasteiger partial charge in [-0.1, -0.05) is 18.2 Å². The summed E-state index contributed by atoms with van der Waals surface area (Å²) in [7, 11) is 0. The van der Waals surface area contributed by atoms with Crippen LogP contribution in [0.3, 0.4) is 0 Å². The van der Waals surface area contributed by atoms with Gasteiger partial charge in [-0.05, 0) is 18.2 Å². The van der Waals surface area contributed by atoms with Crippen LogP contribution in [0.2, 0.25) is 0 Å². The number of carbonyl (C=O) groups excluding carboxylic acids is 2. The number of hydrogen-bond donors (Lipinski definition) is 2. The summed E-state index contributed by atoms with van der Waals surface area (Å²) in [6.45, 7) is -0.0205. The van der Waals surface area contributed by atoms with Crippen molar-refractivity contribution in [1.29, 1.82) is 0 Å². The Hall–Kier alpha value is -3.20. The van der Waals surface area contributed by atoms with Gasteiger partial charge in [0.2, 0.25) is 0 Å². The van der Waals surface area contributed by atoms with Crippen LogP contribution in [0.15, 0.2) is 47.8 Å². The van der Waals surface area contributed by atoms with Crippen molar-refractivity contribution in [2.45, 2.75) is 6.54 Å². The number of thiazole rings is 1. The van der Waals surface area contributed by atoms with E-state index in [0.29, 0.717) is 11.6 Å². The van der Waals surface area contributed by atoms with Crippen LogP contribution in [0.1, 0.15) is 26.4 Å². The van der Waals surface area contributed by atoms with Gasteiger partial charge in [-0.15, -0.1) is 11.3 Å². The predicted molar refractivity (Wildman–Crippen MR) is 94.0 cm³/mol. The molecule has 9 heteroatoms. The summed E-state index contributed by atoms with van der Waals surface area (Å²) in [6, 6.07) is 8.44. The molecule has 0 fully saturated rings. The number of benzene rings is 2. The first-order valence-electron chi connectivity index (χ1n) is 7.67. The molecule has 0 atom stereocenters. The van der Waals surface area contributed by atoms with Crippen molar-refractivity contribution in [2.24, 2.45) is 0 Å². The van der Waals surface area contributed by atoms with E-state index < -0.39 is 29.3 Å². The SMILES string of the molecule is O=C(Nc1nc(C(=O)NCc2ccccc2F)cs1)c1cc(F)cc(F)c1. The highest BCUT2D eigenvalue weighted by Gasteiger charge is 2.15. The van der Waals surface area contributed by atoms with Crippen LogP contribution < -0.4 is 10.6 Å². The minimum atomic E-state index is -0.882. The highest BCUT2D eigenvalue weighted by Crippen LogP contribution is 2.17. The Kier molecular flexibility index (Phi) is 5.51. The minimum absolute atomic E-state index is 0.0205. The molecule has 0 unspecified atom stereocenters. The minimum Gasteiger partial charge on any atom is -0.346 e. The molecule has 138 valence electrons. The lowest BCUT2D eigenvalue weighted by molar-refractivity contribution is 0.0945.